The molecule has 0 atom stereocenters. The minimum atomic E-state index is 0.529. The zero-order chi connectivity index (χ0) is 19.0. The predicted octanol–water partition coefficient (Wildman–Crippen LogP) is 4.99. The molecular formula is C23H28N4. The lowest BCUT2D eigenvalue weighted by molar-refractivity contribution is 0.578. The van der Waals surface area contributed by atoms with Gasteiger partial charge in [-0.1, -0.05) is 38.1 Å². The van der Waals surface area contributed by atoms with Crippen molar-refractivity contribution >= 4 is 38.4 Å². The number of pyridine rings is 1. The van der Waals surface area contributed by atoms with E-state index in [1.807, 2.05) is 6.20 Å². The number of aromatic nitrogens is 2. The van der Waals surface area contributed by atoms with Gasteiger partial charge in [0.2, 0.25) is 0 Å². The summed E-state index contributed by atoms with van der Waals surface area (Å²) in [5.74, 6) is 0.984. The van der Waals surface area contributed by atoms with E-state index in [2.05, 4.69) is 84.4 Å². The van der Waals surface area contributed by atoms with Crippen LogP contribution in [0.3, 0.4) is 0 Å². The molecule has 27 heavy (non-hydrogen) atoms. The average molecular weight is 361 g/mol. The quantitative estimate of drug-likeness (QED) is 0.476. The Morgan fingerprint density at radius 1 is 1.07 bits per heavy atom. The molecule has 2 heterocycles. The molecule has 4 nitrogen and oxygen atoms in total. The van der Waals surface area contributed by atoms with E-state index in [-0.39, 0.29) is 0 Å². The lowest BCUT2D eigenvalue weighted by Gasteiger charge is -2.10. The largest absolute Gasteiger partial charge is 0.369 e. The van der Waals surface area contributed by atoms with E-state index in [9.17, 15) is 0 Å². The van der Waals surface area contributed by atoms with Gasteiger partial charge in [0.15, 0.2) is 0 Å². The highest BCUT2D eigenvalue weighted by atomic mass is 15.0. The molecule has 0 saturated carbocycles. The van der Waals surface area contributed by atoms with Gasteiger partial charge < -0.3 is 15.2 Å². The highest BCUT2D eigenvalue weighted by Gasteiger charge is 2.16. The van der Waals surface area contributed by atoms with Gasteiger partial charge >= 0.3 is 0 Å². The maximum absolute atomic E-state index is 4.67. The van der Waals surface area contributed by atoms with Gasteiger partial charge in [0.1, 0.15) is 5.82 Å². The zero-order valence-electron chi connectivity index (χ0n) is 16.6. The second-order valence-corrected chi connectivity index (χ2v) is 7.62. The molecule has 2 N–H and O–H groups in total. The third-order valence-electron chi connectivity index (χ3n) is 5.37. The number of nitrogens with zero attached hydrogens (tertiary/aromatic N) is 2. The van der Waals surface area contributed by atoms with Crippen molar-refractivity contribution in [1.29, 1.82) is 0 Å². The van der Waals surface area contributed by atoms with Crippen LogP contribution >= 0.6 is 0 Å². The summed E-state index contributed by atoms with van der Waals surface area (Å²) in [6.07, 6.45) is 2.98. The highest BCUT2D eigenvalue weighted by molar-refractivity contribution is 6.17. The second kappa shape index (κ2) is 7.20. The molecule has 0 aliphatic heterocycles. The summed E-state index contributed by atoms with van der Waals surface area (Å²) < 4.78 is 2.31. The van der Waals surface area contributed by atoms with Crippen LogP contribution in [0.25, 0.3) is 32.6 Å². The Labute approximate surface area is 160 Å². The number of fused-ring (bicyclic) bond motifs is 4. The van der Waals surface area contributed by atoms with Crippen LogP contribution in [0.2, 0.25) is 0 Å². The normalized spacial score (nSPS) is 11.9. The Morgan fingerprint density at radius 2 is 1.89 bits per heavy atom. The van der Waals surface area contributed by atoms with Crippen molar-refractivity contribution in [3.63, 3.8) is 0 Å². The van der Waals surface area contributed by atoms with Crippen LogP contribution in [-0.4, -0.2) is 28.7 Å². The minimum absolute atomic E-state index is 0.529. The van der Waals surface area contributed by atoms with Gasteiger partial charge in [0.05, 0.1) is 11.0 Å². The molecule has 4 rings (SSSR count). The Bertz CT molecular complexity index is 1110. The molecule has 0 aliphatic rings. The first-order valence-corrected chi connectivity index (χ1v) is 9.80. The van der Waals surface area contributed by atoms with Gasteiger partial charge in [-0.3, -0.25) is 0 Å². The summed E-state index contributed by atoms with van der Waals surface area (Å²) in [5, 5.41) is 12.1. The van der Waals surface area contributed by atoms with Crippen molar-refractivity contribution in [2.75, 3.05) is 18.4 Å². The molecule has 0 amide bonds. The van der Waals surface area contributed by atoms with E-state index in [1.165, 1.54) is 38.1 Å². The first-order chi connectivity index (χ1) is 13.1. The van der Waals surface area contributed by atoms with E-state index in [0.29, 0.717) is 6.04 Å². The SMILES string of the molecule is Cc1c2ccccc2cc2c3c(NCCCNC(C)C)nccc3n(C)c12. The summed E-state index contributed by atoms with van der Waals surface area (Å²) in [4.78, 5) is 4.67. The van der Waals surface area contributed by atoms with E-state index in [4.69, 9.17) is 0 Å². The van der Waals surface area contributed by atoms with Crippen LogP contribution in [0.1, 0.15) is 25.8 Å². The highest BCUT2D eigenvalue weighted by Crippen LogP contribution is 2.37. The molecule has 0 aliphatic carbocycles. The molecular weight excluding hydrogens is 332 g/mol. The van der Waals surface area contributed by atoms with Crippen molar-refractivity contribution in [2.45, 2.75) is 33.2 Å². The maximum atomic E-state index is 4.67. The molecule has 0 unspecified atom stereocenters. The van der Waals surface area contributed by atoms with Crippen molar-refractivity contribution < 1.29 is 0 Å². The molecule has 140 valence electrons. The van der Waals surface area contributed by atoms with Gasteiger partial charge in [-0.15, -0.1) is 0 Å². The van der Waals surface area contributed by atoms with Crippen LogP contribution in [0.4, 0.5) is 5.82 Å². The number of rotatable bonds is 6. The van der Waals surface area contributed by atoms with Crippen LogP contribution in [-0.2, 0) is 7.05 Å². The number of aryl methyl sites for hydroxylation is 2. The second-order valence-electron chi connectivity index (χ2n) is 7.62. The molecule has 2 aromatic heterocycles. The fourth-order valence-corrected chi connectivity index (χ4v) is 4.08. The molecule has 0 saturated heterocycles. The van der Waals surface area contributed by atoms with Crippen molar-refractivity contribution in [3.8, 4) is 0 Å². The van der Waals surface area contributed by atoms with Gasteiger partial charge in [0, 0.05) is 36.6 Å². The van der Waals surface area contributed by atoms with Crippen LogP contribution < -0.4 is 10.6 Å². The number of hydrogen-bond acceptors (Lipinski definition) is 3. The number of benzene rings is 2. The lowest BCUT2D eigenvalue weighted by Crippen LogP contribution is -2.25. The third kappa shape index (κ3) is 3.15. The van der Waals surface area contributed by atoms with E-state index in [0.717, 1.165) is 25.3 Å². The molecule has 0 radical (unpaired) electrons. The molecule has 0 fully saturated rings. The monoisotopic (exact) mass is 360 g/mol. The Balaban J connectivity index is 1.79. The van der Waals surface area contributed by atoms with E-state index in [1.54, 1.807) is 0 Å². The Kier molecular flexibility index (Phi) is 4.75. The predicted molar refractivity (Wildman–Crippen MR) is 117 cm³/mol. The van der Waals surface area contributed by atoms with Gasteiger partial charge in [-0.2, -0.15) is 0 Å². The van der Waals surface area contributed by atoms with Crippen molar-refractivity contribution in [1.82, 2.24) is 14.9 Å². The number of nitrogens with one attached hydrogen (secondary N) is 2. The third-order valence-corrected chi connectivity index (χ3v) is 5.37. The first kappa shape index (κ1) is 17.8. The smallest absolute Gasteiger partial charge is 0.136 e. The van der Waals surface area contributed by atoms with Crippen molar-refractivity contribution in [2.24, 2.45) is 7.05 Å². The molecule has 2 aromatic carbocycles. The van der Waals surface area contributed by atoms with Crippen molar-refractivity contribution in [3.05, 3.63) is 48.2 Å². The summed E-state index contributed by atoms with van der Waals surface area (Å²) in [6, 6.07) is 13.6. The fourth-order valence-electron chi connectivity index (χ4n) is 4.08. The summed E-state index contributed by atoms with van der Waals surface area (Å²) in [5.41, 5.74) is 3.84. The minimum Gasteiger partial charge on any atom is -0.369 e. The first-order valence-electron chi connectivity index (χ1n) is 9.80. The Hall–Kier alpha value is -2.59. The number of hydrogen-bond donors (Lipinski definition) is 2. The van der Waals surface area contributed by atoms with E-state index < -0.39 is 0 Å². The van der Waals surface area contributed by atoms with Gasteiger partial charge in [-0.05, 0) is 48.4 Å². The maximum Gasteiger partial charge on any atom is 0.136 e. The molecule has 4 aromatic rings. The zero-order valence-corrected chi connectivity index (χ0v) is 16.6. The van der Waals surface area contributed by atoms with Gasteiger partial charge in [0.25, 0.3) is 0 Å². The summed E-state index contributed by atoms with van der Waals surface area (Å²) in [6.45, 7) is 8.51. The van der Waals surface area contributed by atoms with E-state index >= 15 is 0 Å². The van der Waals surface area contributed by atoms with Gasteiger partial charge in [-0.25, -0.2) is 4.98 Å². The molecule has 0 spiro atoms. The molecule has 4 heteroatoms. The standard InChI is InChI=1S/C23H28N4/c1-15(2)24-11-7-12-25-23-21-19-14-17-8-5-6-9-18(17)16(3)22(19)27(4)20(21)10-13-26-23/h5-6,8-10,13-15,24H,7,11-12H2,1-4H3,(H,25,26). The lowest BCUT2D eigenvalue weighted by atomic mass is 10.0. The Morgan fingerprint density at radius 3 is 2.70 bits per heavy atom. The fraction of sp³-hybridized carbons (Fsp3) is 0.348. The van der Waals surface area contributed by atoms with Crippen LogP contribution in [0.15, 0.2) is 42.6 Å². The summed E-state index contributed by atoms with van der Waals surface area (Å²) in [7, 11) is 2.16. The van der Waals surface area contributed by atoms with Crippen LogP contribution in [0, 0.1) is 6.92 Å². The van der Waals surface area contributed by atoms with Crippen LogP contribution in [0.5, 0.6) is 0 Å². The number of anilines is 1. The average Bonchev–Trinajstić information content (AvgIpc) is 2.95. The molecule has 0 bridgehead atoms. The topological polar surface area (TPSA) is 41.9 Å². The summed E-state index contributed by atoms with van der Waals surface area (Å²) >= 11 is 0.